The molecule has 5 nitrogen and oxygen atoms in total. The minimum atomic E-state index is -4.26. The van der Waals surface area contributed by atoms with Gasteiger partial charge in [-0.25, -0.2) is 4.18 Å². The SMILES string of the molecule is CCCCCCCC(C)(C)CCCCOS(=O)(=O)O.N. The van der Waals surface area contributed by atoms with Crippen LogP contribution in [0, 0.1) is 5.41 Å². The molecule has 20 heavy (non-hydrogen) atoms. The first-order chi connectivity index (χ1) is 8.77. The Morgan fingerprint density at radius 3 is 1.95 bits per heavy atom. The second kappa shape index (κ2) is 11.5. The van der Waals surface area contributed by atoms with Crippen LogP contribution < -0.4 is 6.15 Å². The Kier molecular flexibility index (Phi) is 12.7. The molecule has 0 aromatic carbocycles. The van der Waals surface area contributed by atoms with Crippen molar-refractivity contribution in [3.8, 4) is 0 Å². The number of rotatable bonds is 12. The second-order valence-electron chi connectivity index (χ2n) is 6.04. The van der Waals surface area contributed by atoms with Gasteiger partial charge >= 0.3 is 10.4 Å². The van der Waals surface area contributed by atoms with E-state index in [2.05, 4.69) is 25.0 Å². The molecule has 0 saturated carbocycles. The molecule has 0 radical (unpaired) electrons. The Labute approximate surface area is 125 Å². The van der Waals surface area contributed by atoms with E-state index < -0.39 is 10.4 Å². The quantitative estimate of drug-likeness (QED) is 0.407. The molecule has 0 rings (SSSR count). The molecule has 0 aromatic heterocycles. The van der Waals surface area contributed by atoms with Gasteiger partial charge in [-0.05, 0) is 24.7 Å². The lowest BCUT2D eigenvalue weighted by Gasteiger charge is -2.24. The van der Waals surface area contributed by atoms with Crippen molar-refractivity contribution in [3.63, 3.8) is 0 Å². The summed E-state index contributed by atoms with van der Waals surface area (Å²) in [6.07, 6.45) is 10.4. The predicted octanol–water partition coefficient (Wildman–Crippen LogP) is 4.52. The van der Waals surface area contributed by atoms with Crippen molar-refractivity contribution in [1.82, 2.24) is 6.15 Å². The fourth-order valence-electron chi connectivity index (χ4n) is 2.20. The first kappa shape index (κ1) is 22.1. The molecule has 0 unspecified atom stereocenters. The van der Waals surface area contributed by atoms with Gasteiger partial charge in [0.25, 0.3) is 0 Å². The number of hydrogen-bond acceptors (Lipinski definition) is 4. The second-order valence-corrected chi connectivity index (χ2v) is 7.13. The van der Waals surface area contributed by atoms with Crippen LogP contribution in [0.4, 0.5) is 0 Å². The summed E-state index contributed by atoms with van der Waals surface area (Å²) in [6, 6.07) is 0. The molecule has 0 heterocycles. The van der Waals surface area contributed by atoms with Gasteiger partial charge in [-0.1, -0.05) is 59.3 Å². The molecule has 6 heteroatoms. The van der Waals surface area contributed by atoms with Gasteiger partial charge in [0.15, 0.2) is 0 Å². The van der Waals surface area contributed by atoms with Crippen molar-refractivity contribution in [2.45, 2.75) is 78.6 Å². The van der Waals surface area contributed by atoms with E-state index >= 15 is 0 Å². The molecule has 0 aliphatic heterocycles. The van der Waals surface area contributed by atoms with Gasteiger partial charge in [0.1, 0.15) is 0 Å². The van der Waals surface area contributed by atoms with E-state index in [0.717, 1.165) is 12.8 Å². The highest BCUT2D eigenvalue weighted by Gasteiger charge is 2.16. The van der Waals surface area contributed by atoms with Crippen LogP contribution in [0.1, 0.15) is 78.6 Å². The van der Waals surface area contributed by atoms with Crippen molar-refractivity contribution >= 4 is 10.4 Å². The van der Waals surface area contributed by atoms with E-state index in [-0.39, 0.29) is 12.8 Å². The molecule has 0 aromatic rings. The van der Waals surface area contributed by atoms with Crippen LogP contribution in [0.15, 0.2) is 0 Å². The Morgan fingerprint density at radius 1 is 0.950 bits per heavy atom. The van der Waals surface area contributed by atoms with E-state index in [1.807, 2.05) is 0 Å². The lowest BCUT2D eigenvalue weighted by molar-refractivity contribution is 0.241. The molecule has 0 fully saturated rings. The van der Waals surface area contributed by atoms with E-state index in [0.29, 0.717) is 11.8 Å². The maximum absolute atomic E-state index is 10.4. The molecular weight excluding hydrogens is 278 g/mol. The van der Waals surface area contributed by atoms with Gasteiger partial charge < -0.3 is 6.15 Å². The van der Waals surface area contributed by atoms with Gasteiger partial charge in [-0.2, -0.15) is 8.42 Å². The molecule has 0 saturated heterocycles. The van der Waals surface area contributed by atoms with Crippen molar-refractivity contribution in [3.05, 3.63) is 0 Å². The van der Waals surface area contributed by atoms with E-state index in [1.165, 1.54) is 38.5 Å². The summed E-state index contributed by atoms with van der Waals surface area (Å²) < 4.78 is 33.4. The molecule has 124 valence electrons. The summed E-state index contributed by atoms with van der Waals surface area (Å²) in [4.78, 5) is 0. The first-order valence-corrected chi connectivity index (χ1v) is 8.75. The summed E-state index contributed by atoms with van der Waals surface area (Å²) in [5.41, 5.74) is 0.310. The highest BCUT2D eigenvalue weighted by atomic mass is 32.3. The van der Waals surface area contributed by atoms with Crippen LogP contribution in [0.5, 0.6) is 0 Å². The van der Waals surface area contributed by atoms with Gasteiger partial charge in [0, 0.05) is 0 Å². The van der Waals surface area contributed by atoms with Crippen LogP contribution >= 0.6 is 0 Å². The van der Waals surface area contributed by atoms with E-state index in [9.17, 15) is 8.42 Å². The molecule has 0 spiro atoms. The minimum absolute atomic E-state index is 0. The zero-order valence-electron chi connectivity index (χ0n) is 13.4. The van der Waals surface area contributed by atoms with Gasteiger partial charge in [0.05, 0.1) is 6.61 Å². The highest BCUT2D eigenvalue weighted by molar-refractivity contribution is 7.80. The third kappa shape index (κ3) is 15.9. The van der Waals surface area contributed by atoms with E-state index in [4.69, 9.17) is 4.55 Å². The fourth-order valence-corrected chi connectivity index (χ4v) is 2.53. The van der Waals surface area contributed by atoms with E-state index in [1.54, 1.807) is 0 Å². The fraction of sp³-hybridized carbons (Fsp3) is 1.00. The van der Waals surface area contributed by atoms with Crippen LogP contribution in [0.25, 0.3) is 0 Å². The molecule has 0 aliphatic carbocycles. The average molecular weight is 311 g/mol. The number of unbranched alkanes of at least 4 members (excludes halogenated alkanes) is 5. The molecule has 4 N–H and O–H groups in total. The van der Waals surface area contributed by atoms with Crippen LogP contribution in [-0.2, 0) is 14.6 Å². The maximum Gasteiger partial charge on any atom is 0.397 e. The lowest BCUT2D eigenvalue weighted by atomic mass is 9.82. The van der Waals surface area contributed by atoms with Gasteiger partial charge in [0.2, 0.25) is 0 Å². The maximum atomic E-state index is 10.4. The van der Waals surface area contributed by atoms with Crippen LogP contribution in [0.3, 0.4) is 0 Å². The molecular formula is C14H33NO4S. The Hall–Kier alpha value is -0.170. The predicted molar refractivity (Wildman–Crippen MR) is 83.5 cm³/mol. The van der Waals surface area contributed by atoms with Crippen LogP contribution in [-0.4, -0.2) is 19.6 Å². The summed E-state index contributed by atoms with van der Waals surface area (Å²) in [7, 11) is -4.26. The van der Waals surface area contributed by atoms with Crippen molar-refractivity contribution in [2.75, 3.05) is 6.61 Å². The minimum Gasteiger partial charge on any atom is -0.344 e. The van der Waals surface area contributed by atoms with Crippen molar-refractivity contribution < 1.29 is 17.2 Å². The molecule has 0 aliphatic rings. The lowest BCUT2D eigenvalue weighted by Crippen LogP contribution is -2.12. The van der Waals surface area contributed by atoms with Gasteiger partial charge in [-0.15, -0.1) is 0 Å². The average Bonchev–Trinajstić information content (AvgIpc) is 2.26. The molecule has 0 amide bonds. The number of hydrogen-bond donors (Lipinski definition) is 2. The Balaban J connectivity index is 0. The van der Waals surface area contributed by atoms with Crippen molar-refractivity contribution in [2.24, 2.45) is 5.41 Å². The van der Waals surface area contributed by atoms with Gasteiger partial charge in [-0.3, -0.25) is 4.55 Å². The summed E-state index contributed by atoms with van der Waals surface area (Å²) in [5.74, 6) is 0. The monoisotopic (exact) mass is 311 g/mol. The molecule has 0 atom stereocenters. The normalized spacial score (nSPS) is 12.2. The standard InChI is InChI=1S/C14H30O4S.H3N/c1-4-5-6-7-8-11-14(2,3)12-9-10-13-18-19(15,16)17;/h4-13H2,1-3H3,(H,15,16,17);1H3. The Morgan fingerprint density at radius 2 is 1.45 bits per heavy atom. The zero-order chi connectivity index (χ0) is 14.8. The van der Waals surface area contributed by atoms with Crippen molar-refractivity contribution in [1.29, 1.82) is 0 Å². The summed E-state index contributed by atoms with van der Waals surface area (Å²) in [5, 5.41) is 0. The third-order valence-corrected chi connectivity index (χ3v) is 3.90. The summed E-state index contributed by atoms with van der Waals surface area (Å²) >= 11 is 0. The third-order valence-electron chi connectivity index (χ3n) is 3.44. The first-order valence-electron chi connectivity index (χ1n) is 7.39. The topological polar surface area (TPSA) is 98.6 Å². The zero-order valence-corrected chi connectivity index (χ0v) is 14.2. The molecule has 0 bridgehead atoms. The van der Waals surface area contributed by atoms with Crippen LogP contribution in [0.2, 0.25) is 0 Å². The highest BCUT2D eigenvalue weighted by Crippen LogP contribution is 2.30. The smallest absolute Gasteiger partial charge is 0.344 e. The summed E-state index contributed by atoms with van der Waals surface area (Å²) in [6.45, 7) is 6.82. The largest absolute Gasteiger partial charge is 0.397 e. The Bertz CT molecular complexity index is 315.